The number of para-hydroxylation sites is 1. The zero-order valence-electron chi connectivity index (χ0n) is 22.5. The predicted molar refractivity (Wildman–Crippen MR) is 145 cm³/mol. The number of carbonyl (C=O) groups is 4. The Morgan fingerprint density at radius 1 is 1.00 bits per heavy atom. The van der Waals surface area contributed by atoms with Crippen molar-refractivity contribution in [2.45, 2.75) is 50.7 Å². The highest BCUT2D eigenvalue weighted by atomic mass is 19.4. The zero-order chi connectivity index (χ0) is 30.1. The molecule has 2 atom stereocenters. The number of aromatic nitrogens is 1. The van der Waals surface area contributed by atoms with Gasteiger partial charge in [-0.05, 0) is 30.2 Å². The second kappa shape index (κ2) is 13.7. The van der Waals surface area contributed by atoms with Crippen molar-refractivity contribution in [1.82, 2.24) is 20.5 Å². The topological polar surface area (TPSA) is 118 Å². The summed E-state index contributed by atoms with van der Waals surface area (Å²) in [6.45, 7) is -0.160. The molecular formula is C30H29F3N4O5. The number of alkyl halides is 3. The van der Waals surface area contributed by atoms with Gasteiger partial charge in [-0.2, -0.15) is 0 Å². The molecular weight excluding hydrogens is 553 g/mol. The van der Waals surface area contributed by atoms with E-state index >= 15 is 0 Å². The molecule has 2 aromatic carbocycles. The highest BCUT2D eigenvalue weighted by molar-refractivity contribution is 6.38. The minimum Gasteiger partial charge on any atom is -0.405 e. The number of hydrogen-bond donors (Lipinski definition) is 2. The number of nitrogens with one attached hydrogen (secondary N) is 2. The molecule has 12 heteroatoms. The van der Waals surface area contributed by atoms with E-state index in [9.17, 15) is 32.3 Å². The van der Waals surface area contributed by atoms with E-state index in [0.717, 1.165) is 16.7 Å². The largest absolute Gasteiger partial charge is 0.573 e. The third-order valence-corrected chi connectivity index (χ3v) is 6.70. The molecule has 1 unspecified atom stereocenters. The number of halogens is 3. The first-order valence-corrected chi connectivity index (χ1v) is 13.3. The van der Waals surface area contributed by atoms with Crippen molar-refractivity contribution in [2.75, 3.05) is 6.54 Å². The Morgan fingerprint density at radius 3 is 2.43 bits per heavy atom. The molecule has 42 heavy (non-hydrogen) atoms. The van der Waals surface area contributed by atoms with E-state index in [1.807, 2.05) is 0 Å². The second-order valence-electron chi connectivity index (χ2n) is 9.67. The van der Waals surface area contributed by atoms with Crippen molar-refractivity contribution in [1.29, 1.82) is 0 Å². The molecule has 0 aliphatic carbocycles. The Morgan fingerprint density at radius 2 is 1.71 bits per heavy atom. The standard InChI is InChI=1S/C30H29F3N4O5/c31-30(32,33)42-25-12-5-4-10-21(25)19-37-24(13-14-26(37)38)28(40)36-23(18-20-8-2-1-3-9-20)27(39)29(41)35-17-15-22-11-6-7-16-34-22/h1-12,16,23-24H,13-15,17-19H2,(H,35,41)(H,36,40)/t23?,24-/m0/s1. The summed E-state index contributed by atoms with van der Waals surface area (Å²) in [5, 5.41) is 5.18. The molecule has 0 saturated carbocycles. The molecule has 1 aromatic heterocycles. The quantitative estimate of drug-likeness (QED) is 0.317. The molecule has 3 amide bonds. The lowest BCUT2D eigenvalue weighted by molar-refractivity contribution is -0.275. The maximum absolute atomic E-state index is 13.4. The van der Waals surface area contributed by atoms with Gasteiger partial charge in [0, 0.05) is 43.3 Å². The van der Waals surface area contributed by atoms with Crippen LogP contribution in [0, 0.1) is 0 Å². The number of Topliss-reactive ketones (excluding diaryl/α,β-unsaturated/α-hetero) is 1. The number of amides is 3. The molecule has 3 aromatic rings. The van der Waals surface area contributed by atoms with Crippen LogP contribution < -0.4 is 15.4 Å². The number of ether oxygens (including phenoxy) is 1. The van der Waals surface area contributed by atoms with Crippen LogP contribution in [0.3, 0.4) is 0 Å². The normalized spacial score (nSPS) is 15.6. The summed E-state index contributed by atoms with van der Waals surface area (Å²) >= 11 is 0. The van der Waals surface area contributed by atoms with Crippen molar-refractivity contribution in [3.8, 4) is 5.75 Å². The lowest BCUT2D eigenvalue weighted by Crippen LogP contribution is -2.53. The van der Waals surface area contributed by atoms with Gasteiger partial charge in [-0.25, -0.2) is 0 Å². The lowest BCUT2D eigenvalue weighted by atomic mass is 10.0. The van der Waals surface area contributed by atoms with Gasteiger partial charge in [0.2, 0.25) is 17.6 Å². The van der Waals surface area contributed by atoms with Crippen molar-refractivity contribution in [3.05, 3.63) is 95.8 Å². The summed E-state index contributed by atoms with van der Waals surface area (Å²) in [7, 11) is 0. The molecule has 1 saturated heterocycles. The van der Waals surface area contributed by atoms with Crippen LogP contribution >= 0.6 is 0 Å². The Bertz CT molecular complexity index is 1400. The molecule has 1 fully saturated rings. The van der Waals surface area contributed by atoms with Gasteiger partial charge in [0.1, 0.15) is 17.8 Å². The SMILES string of the molecule is O=C(NCCc1ccccn1)C(=O)C(Cc1ccccc1)NC(=O)[C@@H]1CCC(=O)N1Cc1ccccc1OC(F)(F)F. The van der Waals surface area contributed by atoms with Crippen LogP contribution in [-0.2, 0) is 38.6 Å². The second-order valence-corrected chi connectivity index (χ2v) is 9.67. The minimum atomic E-state index is -4.94. The van der Waals surface area contributed by atoms with Crippen LogP contribution in [0.1, 0.15) is 29.7 Å². The Balaban J connectivity index is 1.47. The molecule has 4 rings (SSSR count). The van der Waals surface area contributed by atoms with Crippen LogP contribution in [0.4, 0.5) is 13.2 Å². The number of carbonyl (C=O) groups excluding carboxylic acids is 4. The molecule has 2 N–H and O–H groups in total. The van der Waals surface area contributed by atoms with Gasteiger partial charge >= 0.3 is 6.36 Å². The first-order chi connectivity index (χ1) is 20.1. The van der Waals surface area contributed by atoms with Gasteiger partial charge in [0.25, 0.3) is 5.91 Å². The lowest BCUT2D eigenvalue weighted by Gasteiger charge is -2.27. The maximum Gasteiger partial charge on any atom is 0.573 e. The maximum atomic E-state index is 13.4. The van der Waals surface area contributed by atoms with Gasteiger partial charge in [0.05, 0.1) is 6.54 Å². The fourth-order valence-electron chi connectivity index (χ4n) is 4.67. The number of rotatable bonds is 12. The third kappa shape index (κ3) is 8.38. The zero-order valence-corrected chi connectivity index (χ0v) is 22.5. The summed E-state index contributed by atoms with van der Waals surface area (Å²) in [5.41, 5.74) is 1.48. The Hall–Kier alpha value is -4.74. The number of likely N-dealkylation sites (tertiary alicyclic amines) is 1. The third-order valence-electron chi connectivity index (χ3n) is 6.70. The van der Waals surface area contributed by atoms with Crippen LogP contribution in [-0.4, -0.2) is 58.4 Å². The van der Waals surface area contributed by atoms with E-state index in [-0.39, 0.29) is 37.9 Å². The highest BCUT2D eigenvalue weighted by Gasteiger charge is 2.39. The van der Waals surface area contributed by atoms with E-state index in [4.69, 9.17) is 0 Å². The summed E-state index contributed by atoms with van der Waals surface area (Å²) in [4.78, 5) is 57.4. The fraction of sp³-hybridized carbons (Fsp3) is 0.300. The summed E-state index contributed by atoms with van der Waals surface area (Å²) in [6.07, 6.45) is -2.82. The molecule has 220 valence electrons. The molecule has 1 aliphatic rings. The number of hydrogen-bond acceptors (Lipinski definition) is 6. The van der Waals surface area contributed by atoms with Gasteiger partial charge in [-0.3, -0.25) is 24.2 Å². The van der Waals surface area contributed by atoms with E-state index in [1.165, 1.54) is 18.2 Å². The first-order valence-electron chi connectivity index (χ1n) is 13.3. The van der Waals surface area contributed by atoms with Crippen LogP contribution in [0.25, 0.3) is 0 Å². The van der Waals surface area contributed by atoms with Crippen molar-refractivity contribution in [2.24, 2.45) is 0 Å². The Kier molecular flexibility index (Phi) is 9.89. The van der Waals surface area contributed by atoms with Crippen LogP contribution in [0.5, 0.6) is 5.75 Å². The number of benzene rings is 2. The van der Waals surface area contributed by atoms with Crippen LogP contribution in [0.2, 0.25) is 0 Å². The van der Waals surface area contributed by atoms with Crippen LogP contribution in [0.15, 0.2) is 79.0 Å². The fourth-order valence-corrected chi connectivity index (χ4v) is 4.67. The highest BCUT2D eigenvalue weighted by Crippen LogP contribution is 2.30. The van der Waals surface area contributed by atoms with Gasteiger partial charge < -0.3 is 20.3 Å². The summed E-state index contributed by atoms with van der Waals surface area (Å²) in [6, 6.07) is 17.2. The molecule has 0 spiro atoms. The number of ketones is 1. The monoisotopic (exact) mass is 582 g/mol. The summed E-state index contributed by atoms with van der Waals surface area (Å²) < 4.78 is 42.8. The average molecular weight is 583 g/mol. The van der Waals surface area contributed by atoms with Gasteiger partial charge in [-0.15, -0.1) is 13.2 Å². The van der Waals surface area contributed by atoms with Gasteiger partial charge in [-0.1, -0.05) is 54.6 Å². The predicted octanol–water partition coefficient (Wildman–Crippen LogP) is 3.13. The van der Waals surface area contributed by atoms with Gasteiger partial charge in [0.15, 0.2) is 0 Å². The van der Waals surface area contributed by atoms with Crippen molar-refractivity contribution in [3.63, 3.8) is 0 Å². The molecule has 1 aliphatic heterocycles. The Labute approximate surface area is 240 Å². The van der Waals surface area contributed by atoms with E-state index in [1.54, 1.807) is 54.7 Å². The smallest absolute Gasteiger partial charge is 0.405 e. The molecule has 0 bridgehead atoms. The molecule has 0 radical (unpaired) electrons. The average Bonchev–Trinajstić information content (AvgIpc) is 3.33. The van der Waals surface area contributed by atoms with Crippen molar-refractivity contribution < 1.29 is 37.1 Å². The first kappa shape index (κ1) is 30.2. The number of nitrogens with zero attached hydrogens (tertiary/aromatic N) is 2. The van der Waals surface area contributed by atoms with E-state index in [0.29, 0.717) is 12.0 Å². The molecule has 9 nitrogen and oxygen atoms in total. The number of pyridine rings is 1. The van der Waals surface area contributed by atoms with Crippen molar-refractivity contribution >= 4 is 23.5 Å². The molecule has 2 heterocycles. The van der Waals surface area contributed by atoms with E-state index in [2.05, 4.69) is 20.4 Å². The summed E-state index contributed by atoms with van der Waals surface area (Å²) in [5.74, 6) is -3.36. The van der Waals surface area contributed by atoms with E-state index < -0.39 is 47.7 Å². The minimum absolute atomic E-state index is 0.00825.